The van der Waals surface area contributed by atoms with Gasteiger partial charge in [0, 0.05) is 29.7 Å². The first kappa shape index (κ1) is 21.0. The number of fused-ring (bicyclic) bond motifs is 1. The predicted octanol–water partition coefficient (Wildman–Crippen LogP) is 3.96. The molecule has 0 atom stereocenters. The number of nitrogens with zero attached hydrogens (tertiary/aromatic N) is 2. The van der Waals surface area contributed by atoms with Crippen LogP contribution in [-0.4, -0.2) is 46.8 Å². The molecule has 2 aromatic carbocycles. The molecule has 0 unspecified atom stereocenters. The molecule has 2 heterocycles. The number of likely N-dealkylation sites (tertiary alicyclic amines) is 1. The number of esters is 1. The first-order chi connectivity index (χ1) is 15.1. The third-order valence-corrected chi connectivity index (χ3v) is 6.21. The zero-order chi connectivity index (χ0) is 21.8. The molecule has 3 aromatic rings. The number of rotatable bonds is 5. The van der Waals surface area contributed by atoms with E-state index in [1.165, 1.54) is 11.5 Å². The van der Waals surface area contributed by atoms with Crippen LogP contribution in [0.3, 0.4) is 0 Å². The number of amides is 2. The summed E-state index contributed by atoms with van der Waals surface area (Å²) in [6.07, 6.45) is 1.22. The van der Waals surface area contributed by atoms with Crippen molar-refractivity contribution in [2.24, 2.45) is 5.92 Å². The molecule has 0 spiro atoms. The molecule has 0 radical (unpaired) electrons. The monoisotopic (exact) mass is 437 g/mol. The van der Waals surface area contributed by atoms with E-state index in [-0.39, 0.29) is 23.7 Å². The van der Waals surface area contributed by atoms with Crippen LogP contribution in [0.5, 0.6) is 0 Å². The van der Waals surface area contributed by atoms with Crippen LogP contribution in [0.1, 0.15) is 40.6 Å². The van der Waals surface area contributed by atoms with Gasteiger partial charge in [-0.3, -0.25) is 14.4 Å². The van der Waals surface area contributed by atoms with E-state index in [1.54, 1.807) is 36.1 Å². The summed E-state index contributed by atoms with van der Waals surface area (Å²) in [6, 6.07) is 14.4. The van der Waals surface area contributed by atoms with Gasteiger partial charge in [-0.25, -0.2) is 0 Å². The lowest BCUT2D eigenvalue weighted by Gasteiger charge is -2.31. The number of benzene rings is 2. The Balaban J connectivity index is 1.36. The second-order valence-corrected chi connectivity index (χ2v) is 8.18. The number of hydrogen-bond acceptors (Lipinski definition) is 6. The molecule has 1 fully saturated rings. The van der Waals surface area contributed by atoms with E-state index in [0.717, 1.165) is 10.1 Å². The van der Waals surface area contributed by atoms with Gasteiger partial charge in [0.05, 0.1) is 17.2 Å². The molecule has 4 rings (SSSR count). The van der Waals surface area contributed by atoms with Crippen molar-refractivity contribution in [3.8, 4) is 0 Å². The molecule has 31 heavy (non-hydrogen) atoms. The van der Waals surface area contributed by atoms with Gasteiger partial charge < -0.3 is 15.0 Å². The van der Waals surface area contributed by atoms with Crippen LogP contribution in [0, 0.1) is 5.92 Å². The molecule has 160 valence electrons. The van der Waals surface area contributed by atoms with Gasteiger partial charge in [-0.2, -0.15) is 4.37 Å². The fraction of sp³-hybridized carbons (Fsp3) is 0.304. The number of anilines is 1. The van der Waals surface area contributed by atoms with E-state index in [0.29, 0.717) is 49.5 Å². The van der Waals surface area contributed by atoms with E-state index >= 15 is 0 Å². The van der Waals surface area contributed by atoms with Gasteiger partial charge in [0.2, 0.25) is 0 Å². The number of hydrogen-bond donors (Lipinski definition) is 1. The lowest BCUT2D eigenvalue weighted by atomic mass is 9.96. The molecule has 1 N–H and O–H groups in total. The SMILES string of the molecule is CCOC(=O)C1CCN(C(=O)c2ccc(NC(=O)c3nsc4ccccc34)cc2)CC1. The highest BCUT2D eigenvalue weighted by molar-refractivity contribution is 7.13. The zero-order valence-electron chi connectivity index (χ0n) is 17.2. The van der Waals surface area contributed by atoms with Gasteiger partial charge in [-0.1, -0.05) is 18.2 Å². The lowest BCUT2D eigenvalue weighted by Crippen LogP contribution is -2.40. The number of piperidine rings is 1. The third-order valence-electron chi connectivity index (χ3n) is 5.38. The number of aromatic nitrogens is 1. The van der Waals surface area contributed by atoms with Gasteiger partial charge in [-0.15, -0.1) is 0 Å². The van der Waals surface area contributed by atoms with Crippen LogP contribution in [0.15, 0.2) is 48.5 Å². The topological polar surface area (TPSA) is 88.6 Å². The van der Waals surface area contributed by atoms with Crippen LogP contribution in [0.2, 0.25) is 0 Å². The van der Waals surface area contributed by atoms with Crippen molar-refractivity contribution in [1.29, 1.82) is 0 Å². The molecule has 1 aliphatic heterocycles. The Morgan fingerprint density at radius 1 is 1.10 bits per heavy atom. The summed E-state index contributed by atoms with van der Waals surface area (Å²) in [5.74, 6) is -0.672. The van der Waals surface area contributed by atoms with E-state index in [4.69, 9.17) is 4.74 Å². The molecule has 1 aromatic heterocycles. The smallest absolute Gasteiger partial charge is 0.309 e. The number of carbonyl (C=O) groups excluding carboxylic acids is 3. The highest BCUT2D eigenvalue weighted by Gasteiger charge is 2.28. The number of nitrogens with one attached hydrogen (secondary N) is 1. The van der Waals surface area contributed by atoms with Crippen LogP contribution < -0.4 is 5.32 Å². The van der Waals surface area contributed by atoms with Crippen molar-refractivity contribution >= 4 is 45.1 Å². The highest BCUT2D eigenvalue weighted by Crippen LogP contribution is 2.24. The van der Waals surface area contributed by atoms with E-state index < -0.39 is 0 Å². The molecule has 2 amide bonds. The molecule has 8 heteroatoms. The normalized spacial score (nSPS) is 14.4. The fourth-order valence-corrected chi connectivity index (χ4v) is 4.47. The molecule has 1 saturated heterocycles. The maximum atomic E-state index is 12.8. The minimum absolute atomic E-state index is 0.0781. The van der Waals surface area contributed by atoms with Crippen molar-refractivity contribution in [1.82, 2.24) is 9.27 Å². The first-order valence-electron chi connectivity index (χ1n) is 10.3. The maximum absolute atomic E-state index is 12.8. The van der Waals surface area contributed by atoms with Crippen molar-refractivity contribution in [2.45, 2.75) is 19.8 Å². The summed E-state index contributed by atoms with van der Waals surface area (Å²) in [6.45, 7) is 3.22. The van der Waals surface area contributed by atoms with Crippen molar-refractivity contribution in [2.75, 3.05) is 25.0 Å². The zero-order valence-corrected chi connectivity index (χ0v) is 18.0. The first-order valence-corrected chi connectivity index (χ1v) is 11.1. The Bertz CT molecular complexity index is 1100. The molecule has 1 aliphatic rings. The van der Waals surface area contributed by atoms with Crippen molar-refractivity contribution < 1.29 is 19.1 Å². The highest BCUT2D eigenvalue weighted by atomic mass is 32.1. The van der Waals surface area contributed by atoms with Gasteiger partial charge in [0.25, 0.3) is 11.8 Å². The fourth-order valence-electron chi connectivity index (χ4n) is 3.70. The van der Waals surface area contributed by atoms with Crippen LogP contribution in [-0.2, 0) is 9.53 Å². The Labute approximate surface area is 184 Å². The molecule has 0 aliphatic carbocycles. The summed E-state index contributed by atoms with van der Waals surface area (Å²) in [7, 11) is 0. The maximum Gasteiger partial charge on any atom is 0.309 e. The minimum atomic E-state index is -0.280. The van der Waals surface area contributed by atoms with Crippen molar-refractivity contribution in [3.05, 3.63) is 59.8 Å². The van der Waals surface area contributed by atoms with Crippen molar-refractivity contribution in [3.63, 3.8) is 0 Å². The van der Waals surface area contributed by atoms with Gasteiger partial charge in [0.15, 0.2) is 0 Å². The molecular formula is C23H23N3O4S. The number of carbonyl (C=O) groups is 3. The third kappa shape index (κ3) is 4.59. The quantitative estimate of drug-likeness (QED) is 0.611. The van der Waals surface area contributed by atoms with Crippen LogP contribution in [0.25, 0.3) is 10.1 Å². The summed E-state index contributed by atoms with van der Waals surface area (Å²) >= 11 is 1.29. The van der Waals surface area contributed by atoms with Gasteiger partial charge in [0.1, 0.15) is 5.69 Å². The average molecular weight is 438 g/mol. The molecule has 0 bridgehead atoms. The Kier molecular flexibility index (Phi) is 6.27. The van der Waals surface area contributed by atoms with Crippen LogP contribution >= 0.6 is 11.5 Å². The standard InChI is InChI=1S/C23H23N3O4S/c1-2-30-23(29)16-11-13-26(14-12-16)22(28)15-7-9-17(10-8-15)24-21(27)20-18-5-3-4-6-19(18)31-25-20/h3-10,16H,2,11-14H2,1H3,(H,24,27). The van der Waals surface area contributed by atoms with Crippen LogP contribution in [0.4, 0.5) is 5.69 Å². The Hall–Kier alpha value is -3.26. The number of ether oxygens (including phenoxy) is 1. The summed E-state index contributed by atoms with van der Waals surface area (Å²) in [5, 5.41) is 3.66. The van der Waals surface area contributed by atoms with Gasteiger partial charge in [-0.05, 0) is 61.6 Å². The largest absolute Gasteiger partial charge is 0.466 e. The average Bonchev–Trinajstić information content (AvgIpc) is 3.24. The second kappa shape index (κ2) is 9.26. The van der Waals surface area contributed by atoms with E-state index in [9.17, 15) is 14.4 Å². The molecule has 7 nitrogen and oxygen atoms in total. The predicted molar refractivity (Wildman–Crippen MR) is 119 cm³/mol. The summed E-state index contributed by atoms with van der Waals surface area (Å²) < 4.78 is 10.3. The minimum Gasteiger partial charge on any atom is -0.466 e. The van der Waals surface area contributed by atoms with Gasteiger partial charge >= 0.3 is 5.97 Å². The van der Waals surface area contributed by atoms with E-state index in [1.807, 2.05) is 24.3 Å². The molecule has 0 saturated carbocycles. The Morgan fingerprint density at radius 3 is 2.52 bits per heavy atom. The summed E-state index contributed by atoms with van der Waals surface area (Å²) in [4.78, 5) is 39.0. The Morgan fingerprint density at radius 2 is 1.81 bits per heavy atom. The van der Waals surface area contributed by atoms with E-state index in [2.05, 4.69) is 9.69 Å². The summed E-state index contributed by atoms with van der Waals surface area (Å²) in [5.41, 5.74) is 1.54. The second-order valence-electron chi connectivity index (χ2n) is 7.38. The molecular weight excluding hydrogens is 414 g/mol. The lowest BCUT2D eigenvalue weighted by molar-refractivity contribution is -0.149.